The fourth-order valence-corrected chi connectivity index (χ4v) is 2.66. The highest BCUT2D eigenvalue weighted by atomic mass is 35.5. The lowest BCUT2D eigenvalue weighted by molar-refractivity contribution is 0.104. The van der Waals surface area contributed by atoms with Crippen molar-refractivity contribution in [3.05, 3.63) is 88.5 Å². The molecule has 0 bridgehead atoms. The second-order valence-electron chi connectivity index (χ2n) is 5.63. The number of methoxy groups -OCH3 is 1. The number of hydrogen-bond acceptors (Lipinski definition) is 3. The molecule has 0 saturated carbocycles. The molecule has 6 heteroatoms. The fourth-order valence-electron chi connectivity index (χ4n) is 2.51. The molecule has 4 nitrogen and oxygen atoms in total. The van der Waals surface area contributed by atoms with Crippen molar-refractivity contribution in [2.45, 2.75) is 6.54 Å². The molecular weight excluding hydrogens is 355 g/mol. The average molecular weight is 371 g/mol. The van der Waals surface area contributed by atoms with Gasteiger partial charge in [-0.05, 0) is 48.0 Å². The fraction of sp³-hybridized carbons (Fsp3) is 0.100. The number of carbonyl (C=O) groups excluding carboxylic acids is 1. The highest BCUT2D eigenvalue weighted by molar-refractivity contribution is 6.30. The largest absolute Gasteiger partial charge is 0.496 e. The molecule has 0 radical (unpaired) electrons. The van der Waals surface area contributed by atoms with Gasteiger partial charge in [0.05, 0.1) is 24.9 Å². The van der Waals surface area contributed by atoms with Crippen molar-refractivity contribution in [2.75, 3.05) is 7.11 Å². The van der Waals surface area contributed by atoms with Crippen LogP contribution in [0.2, 0.25) is 5.02 Å². The SMILES string of the molecule is COc1ccc(/C=C/C(=O)c2ccc(F)cc2)cc1Cn1cc(Cl)cn1. The molecule has 2 aromatic carbocycles. The highest BCUT2D eigenvalue weighted by Crippen LogP contribution is 2.22. The number of rotatable bonds is 6. The predicted molar refractivity (Wildman–Crippen MR) is 99.1 cm³/mol. The van der Waals surface area contributed by atoms with Gasteiger partial charge in [-0.2, -0.15) is 5.10 Å². The third-order valence-corrected chi connectivity index (χ3v) is 3.99. The topological polar surface area (TPSA) is 44.1 Å². The number of ketones is 1. The van der Waals surface area contributed by atoms with Crippen molar-refractivity contribution in [3.63, 3.8) is 0 Å². The van der Waals surface area contributed by atoms with E-state index in [1.54, 1.807) is 30.3 Å². The number of aromatic nitrogens is 2. The van der Waals surface area contributed by atoms with Gasteiger partial charge in [-0.1, -0.05) is 23.7 Å². The van der Waals surface area contributed by atoms with E-state index in [4.69, 9.17) is 16.3 Å². The normalized spacial score (nSPS) is 11.0. The first-order valence-electron chi connectivity index (χ1n) is 7.88. The first-order chi connectivity index (χ1) is 12.5. The second kappa shape index (κ2) is 7.97. The second-order valence-corrected chi connectivity index (χ2v) is 6.07. The van der Waals surface area contributed by atoms with Crippen molar-refractivity contribution in [1.29, 1.82) is 0 Å². The molecule has 3 aromatic rings. The molecule has 132 valence electrons. The van der Waals surface area contributed by atoms with E-state index in [9.17, 15) is 9.18 Å². The Balaban J connectivity index is 1.80. The molecule has 0 aliphatic carbocycles. The first kappa shape index (κ1) is 17.9. The van der Waals surface area contributed by atoms with Gasteiger partial charge in [-0.15, -0.1) is 0 Å². The van der Waals surface area contributed by atoms with E-state index < -0.39 is 0 Å². The number of ether oxygens (including phenoxy) is 1. The van der Waals surface area contributed by atoms with Gasteiger partial charge < -0.3 is 4.74 Å². The molecule has 0 spiro atoms. The monoisotopic (exact) mass is 370 g/mol. The molecule has 26 heavy (non-hydrogen) atoms. The lowest BCUT2D eigenvalue weighted by Gasteiger charge is -2.09. The maximum Gasteiger partial charge on any atom is 0.185 e. The Labute approximate surface area is 155 Å². The maximum atomic E-state index is 12.9. The molecule has 0 unspecified atom stereocenters. The van der Waals surface area contributed by atoms with Crippen LogP contribution in [0.3, 0.4) is 0 Å². The Morgan fingerprint density at radius 1 is 1.27 bits per heavy atom. The van der Waals surface area contributed by atoms with Crippen molar-refractivity contribution in [3.8, 4) is 5.75 Å². The summed E-state index contributed by atoms with van der Waals surface area (Å²) < 4.78 is 20.0. The standard InChI is InChI=1S/C20H16ClFN2O2/c1-26-20-9-3-14(10-16(20)12-24-13-17(21)11-23-24)2-8-19(25)15-4-6-18(22)7-5-15/h2-11,13H,12H2,1H3/b8-2+. The number of benzene rings is 2. The van der Waals surface area contributed by atoms with Crippen molar-refractivity contribution in [2.24, 2.45) is 0 Å². The Hall–Kier alpha value is -2.92. The van der Waals surface area contributed by atoms with Crippen LogP contribution in [0, 0.1) is 5.82 Å². The van der Waals surface area contributed by atoms with E-state index in [2.05, 4.69) is 5.10 Å². The lowest BCUT2D eigenvalue weighted by Crippen LogP contribution is -2.02. The lowest BCUT2D eigenvalue weighted by atomic mass is 10.1. The number of halogens is 2. The molecule has 3 rings (SSSR count). The molecule has 0 aliphatic heterocycles. The molecule has 0 fully saturated rings. The zero-order valence-corrected chi connectivity index (χ0v) is 14.8. The Bertz CT molecular complexity index is 949. The van der Waals surface area contributed by atoms with E-state index in [1.165, 1.54) is 30.3 Å². The van der Waals surface area contributed by atoms with Gasteiger partial charge in [0.2, 0.25) is 0 Å². The van der Waals surface area contributed by atoms with Crippen molar-refractivity contribution >= 4 is 23.5 Å². The highest BCUT2D eigenvalue weighted by Gasteiger charge is 2.07. The van der Waals surface area contributed by atoms with Crippen LogP contribution in [0.5, 0.6) is 5.75 Å². The van der Waals surface area contributed by atoms with Gasteiger partial charge in [0.25, 0.3) is 0 Å². The molecule has 0 N–H and O–H groups in total. The van der Waals surface area contributed by atoms with Crippen LogP contribution >= 0.6 is 11.6 Å². The van der Waals surface area contributed by atoms with Gasteiger partial charge in [-0.25, -0.2) is 4.39 Å². The van der Waals surface area contributed by atoms with Gasteiger partial charge in [0, 0.05) is 17.3 Å². The van der Waals surface area contributed by atoms with Gasteiger partial charge >= 0.3 is 0 Å². The number of hydrogen-bond donors (Lipinski definition) is 0. The Kier molecular flexibility index (Phi) is 5.49. The van der Waals surface area contributed by atoms with E-state index in [0.717, 1.165) is 16.9 Å². The van der Waals surface area contributed by atoms with Gasteiger partial charge in [0.15, 0.2) is 5.78 Å². The van der Waals surface area contributed by atoms with Gasteiger partial charge in [0.1, 0.15) is 11.6 Å². The third kappa shape index (κ3) is 4.37. The Morgan fingerprint density at radius 2 is 2.04 bits per heavy atom. The third-order valence-electron chi connectivity index (χ3n) is 3.79. The number of allylic oxidation sites excluding steroid dienone is 1. The number of nitrogens with zero attached hydrogens (tertiary/aromatic N) is 2. The van der Waals surface area contributed by atoms with Crippen LogP contribution in [-0.4, -0.2) is 22.7 Å². The smallest absolute Gasteiger partial charge is 0.185 e. The van der Waals surface area contributed by atoms with Crippen molar-refractivity contribution in [1.82, 2.24) is 9.78 Å². The molecule has 0 saturated heterocycles. The summed E-state index contributed by atoms with van der Waals surface area (Å²) in [4.78, 5) is 12.2. The summed E-state index contributed by atoms with van der Waals surface area (Å²) >= 11 is 5.90. The summed E-state index contributed by atoms with van der Waals surface area (Å²) in [5.41, 5.74) is 2.18. The van der Waals surface area contributed by atoms with E-state index in [0.29, 0.717) is 17.1 Å². The van der Waals surface area contributed by atoms with E-state index >= 15 is 0 Å². The summed E-state index contributed by atoms with van der Waals surface area (Å²) in [5.74, 6) is 0.156. The molecule has 0 aliphatic rings. The Morgan fingerprint density at radius 3 is 2.69 bits per heavy atom. The summed E-state index contributed by atoms with van der Waals surface area (Å²) in [6.07, 6.45) is 6.47. The zero-order chi connectivity index (χ0) is 18.5. The quantitative estimate of drug-likeness (QED) is 0.469. The van der Waals surface area contributed by atoms with Crippen LogP contribution in [0.15, 0.2) is 60.9 Å². The number of carbonyl (C=O) groups is 1. The minimum Gasteiger partial charge on any atom is -0.496 e. The van der Waals surface area contributed by atoms with E-state index in [-0.39, 0.29) is 11.6 Å². The zero-order valence-electron chi connectivity index (χ0n) is 14.0. The van der Waals surface area contributed by atoms with Crippen LogP contribution in [0.1, 0.15) is 21.5 Å². The first-order valence-corrected chi connectivity index (χ1v) is 8.26. The summed E-state index contributed by atoms with van der Waals surface area (Å²) in [7, 11) is 1.60. The summed E-state index contributed by atoms with van der Waals surface area (Å²) in [6.45, 7) is 0.490. The summed E-state index contributed by atoms with van der Waals surface area (Å²) in [6, 6.07) is 11.1. The summed E-state index contributed by atoms with van der Waals surface area (Å²) in [5, 5.41) is 4.72. The minimum atomic E-state index is -0.371. The molecule has 1 heterocycles. The van der Waals surface area contributed by atoms with Crippen LogP contribution in [-0.2, 0) is 6.54 Å². The minimum absolute atomic E-state index is 0.193. The molecule has 0 atom stereocenters. The van der Waals surface area contributed by atoms with Crippen LogP contribution in [0.25, 0.3) is 6.08 Å². The van der Waals surface area contributed by atoms with Gasteiger partial charge in [-0.3, -0.25) is 9.48 Å². The van der Waals surface area contributed by atoms with E-state index in [1.807, 2.05) is 18.2 Å². The molecule has 0 amide bonds. The van der Waals surface area contributed by atoms with Crippen LogP contribution in [0.4, 0.5) is 4.39 Å². The molecule has 1 aromatic heterocycles. The van der Waals surface area contributed by atoms with Crippen molar-refractivity contribution < 1.29 is 13.9 Å². The molecular formula is C20H16ClFN2O2. The predicted octanol–water partition coefficient (Wildman–Crippen LogP) is 4.63. The maximum absolute atomic E-state index is 12.9. The average Bonchev–Trinajstić information content (AvgIpc) is 3.05. The van der Waals surface area contributed by atoms with Crippen LogP contribution < -0.4 is 4.74 Å².